The van der Waals surface area contributed by atoms with Crippen LogP contribution >= 0.6 is 0 Å². The quantitative estimate of drug-likeness (QED) is 0.501. The molecule has 1 aliphatic carbocycles. The zero-order valence-corrected chi connectivity index (χ0v) is 19.2. The SMILES string of the molecule is O=Nc1ccc(OC2CCC(OCC(=O)N3CCN(c4ccccc4)CC3)CC2)cc1C(F)(F)F. The van der Waals surface area contributed by atoms with Gasteiger partial charge in [-0.15, -0.1) is 4.91 Å². The highest BCUT2D eigenvalue weighted by molar-refractivity contribution is 5.77. The summed E-state index contributed by atoms with van der Waals surface area (Å²) in [7, 11) is 0. The number of alkyl halides is 3. The number of amides is 1. The molecule has 188 valence electrons. The maximum atomic E-state index is 13.1. The largest absolute Gasteiger partial charge is 0.490 e. The van der Waals surface area contributed by atoms with Gasteiger partial charge < -0.3 is 19.3 Å². The fraction of sp³-hybridized carbons (Fsp3) is 0.480. The van der Waals surface area contributed by atoms with Crippen LogP contribution in [0.5, 0.6) is 5.75 Å². The lowest BCUT2D eigenvalue weighted by Crippen LogP contribution is -2.50. The number of nitroso groups, excluding NO2 is 1. The van der Waals surface area contributed by atoms with Crippen LogP contribution in [0.15, 0.2) is 53.7 Å². The zero-order valence-electron chi connectivity index (χ0n) is 19.2. The molecular weight excluding hydrogens is 463 g/mol. The van der Waals surface area contributed by atoms with Crippen molar-refractivity contribution in [3.8, 4) is 5.75 Å². The van der Waals surface area contributed by atoms with E-state index in [1.54, 1.807) is 0 Å². The number of carbonyl (C=O) groups is 1. The molecule has 1 heterocycles. The lowest BCUT2D eigenvalue weighted by Gasteiger charge is -2.36. The molecular formula is C25H28F3N3O4. The molecule has 0 N–H and O–H groups in total. The molecule has 1 saturated heterocycles. The van der Waals surface area contributed by atoms with E-state index in [2.05, 4.69) is 22.2 Å². The third kappa shape index (κ3) is 6.50. The van der Waals surface area contributed by atoms with Crippen LogP contribution in [0, 0.1) is 4.91 Å². The molecule has 0 unspecified atom stereocenters. The number of halogens is 3. The van der Waals surface area contributed by atoms with Gasteiger partial charge in [0.2, 0.25) is 5.91 Å². The summed E-state index contributed by atoms with van der Waals surface area (Å²) in [6.07, 6.45) is -2.52. The minimum Gasteiger partial charge on any atom is -0.490 e. The molecule has 7 nitrogen and oxygen atoms in total. The first-order chi connectivity index (χ1) is 16.8. The molecule has 2 aromatic carbocycles. The minimum absolute atomic E-state index is 0.0244. The van der Waals surface area contributed by atoms with Gasteiger partial charge in [0.05, 0.1) is 17.8 Å². The molecule has 4 rings (SSSR count). The Morgan fingerprint density at radius 1 is 0.943 bits per heavy atom. The second kappa shape index (κ2) is 11.1. The molecule has 0 radical (unpaired) electrons. The van der Waals surface area contributed by atoms with E-state index in [4.69, 9.17) is 9.47 Å². The predicted molar refractivity (Wildman–Crippen MR) is 125 cm³/mol. The van der Waals surface area contributed by atoms with E-state index in [1.165, 1.54) is 6.07 Å². The molecule has 1 aliphatic heterocycles. The summed E-state index contributed by atoms with van der Waals surface area (Å²) in [4.78, 5) is 27.3. The van der Waals surface area contributed by atoms with Crippen molar-refractivity contribution in [2.24, 2.45) is 5.18 Å². The van der Waals surface area contributed by atoms with Crippen LogP contribution in [0.3, 0.4) is 0 Å². The summed E-state index contributed by atoms with van der Waals surface area (Å²) in [6, 6.07) is 13.3. The van der Waals surface area contributed by atoms with Crippen molar-refractivity contribution < 1.29 is 27.4 Å². The number of benzene rings is 2. The molecule has 0 bridgehead atoms. The summed E-state index contributed by atoms with van der Waals surface area (Å²) < 4.78 is 50.9. The van der Waals surface area contributed by atoms with Crippen molar-refractivity contribution in [3.63, 3.8) is 0 Å². The first kappa shape index (κ1) is 25.0. The van der Waals surface area contributed by atoms with Gasteiger partial charge in [-0.3, -0.25) is 4.79 Å². The summed E-state index contributed by atoms with van der Waals surface area (Å²) in [5.74, 6) is 0.0264. The summed E-state index contributed by atoms with van der Waals surface area (Å²) in [6.45, 7) is 2.87. The van der Waals surface area contributed by atoms with Crippen LogP contribution in [0.25, 0.3) is 0 Å². The average molecular weight is 492 g/mol. The Kier molecular flexibility index (Phi) is 7.90. The molecule has 2 aromatic rings. The number of para-hydroxylation sites is 1. The van der Waals surface area contributed by atoms with Gasteiger partial charge in [-0.1, -0.05) is 18.2 Å². The summed E-state index contributed by atoms with van der Waals surface area (Å²) >= 11 is 0. The third-order valence-corrected chi connectivity index (χ3v) is 6.49. The Bertz CT molecular complexity index is 1000. The Morgan fingerprint density at radius 2 is 1.60 bits per heavy atom. The van der Waals surface area contributed by atoms with Gasteiger partial charge in [-0.05, 0) is 61.2 Å². The number of ether oxygens (including phenoxy) is 2. The molecule has 1 saturated carbocycles. The van der Waals surface area contributed by atoms with Gasteiger partial charge in [-0.2, -0.15) is 13.2 Å². The van der Waals surface area contributed by atoms with Crippen LogP contribution in [0.4, 0.5) is 24.5 Å². The fourth-order valence-electron chi connectivity index (χ4n) is 4.54. The van der Waals surface area contributed by atoms with Crippen LogP contribution in [0.1, 0.15) is 31.2 Å². The number of piperazine rings is 1. The van der Waals surface area contributed by atoms with E-state index in [0.717, 1.165) is 30.9 Å². The van der Waals surface area contributed by atoms with Gasteiger partial charge in [0, 0.05) is 31.9 Å². The molecule has 0 aromatic heterocycles. The topological polar surface area (TPSA) is 71.4 Å². The number of hydrogen-bond donors (Lipinski definition) is 0. The molecule has 35 heavy (non-hydrogen) atoms. The first-order valence-corrected chi connectivity index (χ1v) is 11.7. The summed E-state index contributed by atoms with van der Waals surface area (Å²) in [5.41, 5.74) is -0.612. The molecule has 1 amide bonds. The van der Waals surface area contributed by atoms with Crippen molar-refractivity contribution in [1.29, 1.82) is 0 Å². The first-order valence-electron chi connectivity index (χ1n) is 11.7. The molecule has 2 aliphatic rings. The van der Waals surface area contributed by atoms with Crippen LogP contribution in [-0.4, -0.2) is 55.8 Å². The van der Waals surface area contributed by atoms with E-state index in [9.17, 15) is 22.9 Å². The lowest BCUT2D eigenvalue weighted by atomic mass is 9.95. The fourth-order valence-corrected chi connectivity index (χ4v) is 4.54. The van der Waals surface area contributed by atoms with E-state index in [-0.39, 0.29) is 30.5 Å². The predicted octanol–water partition coefficient (Wildman–Crippen LogP) is 5.16. The van der Waals surface area contributed by atoms with Crippen molar-refractivity contribution in [1.82, 2.24) is 4.90 Å². The second-order valence-electron chi connectivity index (χ2n) is 8.80. The van der Waals surface area contributed by atoms with Gasteiger partial charge in [0.1, 0.15) is 18.0 Å². The number of nitrogens with zero attached hydrogens (tertiary/aromatic N) is 3. The summed E-state index contributed by atoms with van der Waals surface area (Å²) in [5, 5.41) is 2.45. The van der Waals surface area contributed by atoms with Gasteiger partial charge >= 0.3 is 6.18 Å². The monoisotopic (exact) mass is 491 g/mol. The second-order valence-corrected chi connectivity index (χ2v) is 8.80. The molecule has 0 atom stereocenters. The Labute approximate surface area is 201 Å². The maximum absolute atomic E-state index is 13.1. The Balaban J connectivity index is 1.19. The number of hydrogen-bond acceptors (Lipinski definition) is 6. The van der Waals surface area contributed by atoms with Gasteiger partial charge in [0.25, 0.3) is 0 Å². The standard InChI is InChI=1S/C25H28F3N3O4/c26-25(27,28)22-16-21(10-11-23(22)29-33)35-20-8-6-19(7-9-20)34-17-24(32)31-14-12-30(13-15-31)18-4-2-1-3-5-18/h1-5,10-11,16,19-20H,6-9,12-15,17H2. The van der Waals surface area contributed by atoms with Crippen LogP contribution in [0.2, 0.25) is 0 Å². The van der Waals surface area contributed by atoms with Crippen LogP contribution < -0.4 is 9.64 Å². The maximum Gasteiger partial charge on any atom is 0.418 e. The van der Waals surface area contributed by atoms with Crippen LogP contribution in [-0.2, 0) is 15.7 Å². The van der Waals surface area contributed by atoms with Crippen molar-refractivity contribution in [2.75, 3.05) is 37.7 Å². The highest BCUT2D eigenvalue weighted by atomic mass is 19.4. The van der Waals surface area contributed by atoms with E-state index in [1.807, 2.05) is 23.1 Å². The normalized spacial score (nSPS) is 21.0. The van der Waals surface area contributed by atoms with Crippen molar-refractivity contribution >= 4 is 17.3 Å². The third-order valence-electron chi connectivity index (χ3n) is 6.49. The molecule has 2 fully saturated rings. The van der Waals surface area contributed by atoms with Crippen molar-refractivity contribution in [2.45, 2.75) is 44.1 Å². The van der Waals surface area contributed by atoms with Gasteiger partial charge in [-0.25, -0.2) is 0 Å². The Hall–Kier alpha value is -3.14. The Morgan fingerprint density at radius 3 is 2.23 bits per heavy atom. The van der Waals surface area contributed by atoms with E-state index in [0.29, 0.717) is 38.8 Å². The smallest absolute Gasteiger partial charge is 0.418 e. The highest BCUT2D eigenvalue weighted by Crippen LogP contribution is 2.39. The van der Waals surface area contributed by atoms with Gasteiger partial charge in [0.15, 0.2) is 0 Å². The lowest BCUT2D eigenvalue weighted by molar-refractivity contribution is -0.139. The molecule has 0 spiro atoms. The van der Waals surface area contributed by atoms with E-state index < -0.39 is 17.4 Å². The highest BCUT2D eigenvalue weighted by Gasteiger charge is 2.35. The number of rotatable bonds is 7. The minimum atomic E-state index is -4.69. The number of carbonyl (C=O) groups excluding carboxylic acids is 1. The van der Waals surface area contributed by atoms with E-state index >= 15 is 0 Å². The average Bonchev–Trinajstić information content (AvgIpc) is 2.88. The molecule has 10 heteroatoms. The number of anilines is 1. The van der Waals surface area contributed by atoms with Crippen molar-refractivity contribution in [3.05, 3.63) is 59.0 Å². The zero-order chi connectivity index (χ0) is 24.8.